The molecule has 0 radical (unpaired) electrons. The van der Waals surface area contributed by atoms with Crippen LogP contribution in [0.1, 0.15) is 24.1 Å². The van der Waals surface area contributed by atoms with E-state index in [0.717, 1.165) is 17.4 Å². The van der Waals surface area contributed by atoms with Crippen LogP contribution in [0.5, 0.6) is 11.5 Å². The molecule has 1 N–H and O–H groups in total. The highest BCUT2D eigenvalue weighted by Gasteiger charge is 2.25. The van der Waals surface area contributed by atoms with E-state index in [-0.39, 0.29) is 5.75 Å². The topological polar surface area (TPSA) is 116 Å². The zero-order valence-electron chi connectivity index (χ0n) is 19.4. The van der Waals surface area contributed by atoms with Crippen LogP contribution in [-0.2, 0) is 9.84 Å². The van der Waals surface area contributed by atoms with E-state index in [1.54, 1.807) is 30.5 Å². The molecule has 0 saturated carbocycles. The van der Waals surface area contributed by atoms with E-state index >= 15 is 0 Å². The lowest BCUT2D eigenvalue weighted by Crippen LogP contribution is -2.28. The summed E-state index contributed by atoms with van der Waals surface area (Å²) in [4.78, 5) is 16.0. The molecule has 4 rings (SSSR count). The number of nitrogens with zero attached hydrogens (tertiary/aromatic N) is 3. The zero-order chi connectivity index (χ0) is 24.5. The molecule has 1 atom stereocenters. The zero-order valence-corrected chi connectivity index (χ0v) is 20.2. The lowest BCUT2D eigenvalue weighted by atomic mass is 10.1. The molecule has 0 spiro atoms. The highest BCUT2D eigenvalue weighted by molar-refractivity contribution is 7.90. The normalized spacial score (nSPS) is 12.6. The molecule has 0 amide bonds. The van der Waals surface area contributed by atoms with Gasteiger partial charge in [0.1, 0.15) is 9.84 Å². The first-order chi connectivity index (χ1) is 16.2. The predicted molar refractivity (Wildman–Crippen MR) is 130 cm³/mol. The number of benzene rings is 2. The van der Waals surface area contributed by atoms with Crippen LogP contribution in [0.3, 0.4) is 0 Å². The minimum Gasteiger partial charge on any atom is -0.493 e. The Kier molecular flexibility index (Phi) is 6.43. The number of H-pyrrole nitrogens is 1. The maximum Gasteiger partial charge on any atom is 0.327 e. The molecule has 178 valence electrons. The summed E-state index contributed by atoms with van der Waals surface area (Å²) in [6, 6.07) is 11.7. The van der Waals surface area contributed by atoms with E-state index in [1.165, 1.54) is 11.7 Å². The van der Waals surface area contributed by atoms with E-state index < -0.39 is 21.6 Å². The van der Waals surface area contributed by atoms with Gasteiger partial charge in [-0.15, -0.1) is 0 Å². The fraction of sp³-hybridized carbons (Fsp3) is 0.292. The fourth-order valence-corrected chi connectivity index (χ4v) is 4.96. The Labute approximate surface area is 197 Å². The van der Waals surface area contributed by atoms with E-state index in [0.29, 0.717) is 40.4 Å². The summed E-state index contributed by atoms with van der Waals surface area (Å²) in [6.45, 7) is 4.19. The number of sulfone groups is 1. The number of aromatic nitrogens is 4. The van der Waals surface area contributed by atoms with Gasteiger partial charge in [0.2, 0.25) is 0 Å². The van der Waals surface area contributed by atoms with Crippen LogP contribution in [0, 0.1) is 6.92 Å². The molecule has 9 nitrogen and oxygen atoms in total. The third-order valence-electron chi connectivity index (χ3n) is 5.56. The molecule has 0 aliphatic heterocycles. The van der Waals surface area contributed by atoms with Crippen LogP contribution in [0.15, 0.2) is 53.5 Å². The Morgan fingerprint density at radius 3 is 2.59 bits per heavy atom. The average molecular weight is 483 g/mol. The van der Waals surface area contributed by atoms with E-state index in [1.807, 2.05) is 32.0 Å². The smallest absolute Gasteiger partial charge is 0.327 e. The lowest BCUT2D eigenvalue weighted by Gasteiger charge is -2.20. The van der Waals surface area contributed by atoms with Crippen LogP contribution in [-0.4, -0.2) is 53.9 Å². The number of fused-ring (bicyclic) bond motifs is 1. The summed E-state index contributed by atoms with van der Waals surface area (Å²) in [5, 5.41) is 8.16. The number of imidazole rings is 1. The molecule has 2 aromatic carbocycles. The molecule has 0 aliphatic carbocycles. The summed E-state index contributed by atoms with van der Waals surface area (Å²) in [5.41, 5.74) is 3.82. The molecule has 0 aliphatic rings. The van der Waals surface area contributed by atoms with Crippen LogP contribution in [0.2, 0.25) is 0 Å². The summed E-state index contributed by atoms with van der Waals surface area (Å²) < 4.78 is 37.2. The summed E-state index contributed by atoms with van der Waals surface area (Å²) >= 11 is 0. The number of rotatable bonds is 8. The standard InChI is InChI=1S/C24H26N4O5S/c1-5-33-22-13-16(7-9-21(22)32-3)20(14-34(4,30)31)28-19-8-6-17(12-18(19)26-24(28)29)23-15(2)10-11-25-27-23/h6-13,20H,5,14H2,1-4H3,(H,26,29)/t20-/m1/s1. The number of methoxy groups -OCH3 is 1. The summed E-state index contributed by atoms with van der Waals surface area (Å²) in [6.07, 6.45) is 2.78. The first-order valence-electron chi connectivity index (χ1n) is 10.7. The van der Waals surface area contributed by atoms with Crippen molar-refractivity contribution in [2.75, 3.05) is 25.7 Å². The summed E-state index contributed by atoms with van der Waals surface area (Å²) in [5.74, 6) is 0.747. The van der Waals surface area contributed by atoms with Crippen molar-refractivity contribution in [2.45, 2.75) is 19.9 Å². The van der Waals surface area contributed by atoms with Crippen molar-refractivity contribution in [3.05, 3.63) is 70.3 Å². The van der Waals surface area contributed by atoms with E-state index in [9.17, 15) is 13.2 Å². The molecule has 2 aromatic heterocycles. The first kappa shape index (κ1) is 23.5. The van der Waals surface area contributed by atoms with Gasteiger partial charge in [-0.05, 0) is 55.3 Å². The van der Waals surface area contributed by atoms with Gasteiger partial charge in [-0.1, -0.05) is 12.1 Å². The molecule has 0 unspecified atom stereocenters. The number of aromatic amines is 1. The number of nitrogens with one attached hydrogen (secondary N) is 1. The molecule has 0 bridgehead atoms. The van der Waals surface area contributed by atoms with Gasteiger partial charge in [0.15, 0.2) is 11.5 Å². The van der Waals surface area contributed by atoms with Gasteiger partial charge in [-0.2, -0.15) is 10.2 Å². The monoisotopic (exact) mass is 482 g/mol. The van der Waals surface area contributed by atoms with Gasteiger partial charge in [0.05, 0.1) is 42.2 Å². The van der Waals surface area contributed by atoms with Crippen LogP contribution < -0.4 is 15.2 Å². The van der Waals surface area contributed by atoms with Crippen molar-refractivity contribution < 1.29 is 17.9 Å². The number of hydrogen-bond donors (Lipinski definition) is 1. The Morgan fingerprint density at radius 1 is 1.12 bits per heavy atom. The van der Waals surface area contributed by atoms with Crippen molar-refractivity contribution in [1.82, 2.24) is 19.7 Å². The molecule has 0 saturated heterocycles. The van der Waals surface area contributed by atoms with Gasteiger partial charge >= 0.3 is 5.69 Å². The average Bonchev–Trinajstić information content (AvgIpc) is 3.12. The van der Waals surface area contributed by atoms with E-state index in [4.69, 9.17) is 9.47 Å². The quantitative estimate of drug-likeness (QED) is 0.410. The number of aryl methyl sites for hydroxylation is 1. The Balaban J connectivity index is 1.89. The Morgan fingerprint density at radius 2 is 1.91 bits per heavy atom. The third kappa shape index (κ3) is 4.67. The van der Waals surface area contributed by atoms with Crippen molar-refractivity contribution in [3.8, 4) is 22.8 Å². The molecule has 10 heteroatoms. The fourth-order valence-electron chi connectivity index (χ4n) is 4.04. The minimum absolute atomic E-state index is 0.261. The van der Waals surface area contributed by atoms with Crippen molar-refractivity contribution in [1.29, 1.82) is 0 Å². The number of hydrogen-bond acceptors (Lipinski definition) is 7. The van der Waals surface area contributed by atoms with Gasteiger partial charge in [0, 0.05) is 18.0 Å². The molecular formula is C24H26N4O5S. The third-order valence-corrected chi connectivity index (χ3v) is 6.48. The van der Waals surface area contributed by atoms with Crippen LogP contribution >= 0.6 is 0 Å². The molecule has 34 heavy (non-hydrogen) atoms. The molecule has 0 fully saturated rings. The minimum atomic E-state index is -3.44. The number of ether oxygens (including phenoxy) is 2. The van der Waals surface area contributed by atoms with Gasteiger partial charge in [-0.25, -0.2) is 13.2 Å². The maximum atomic E-state index is 13.1. The van der Waals surface area contributed by atoms with Crippen LogP contribution in [0.25, 0.3) is 22.3 Å². The first-order valence-corrected chi connectivity index (χ1v) is 12.8. The van der Waals surface area contributed by atoms with E-state index in [2.05, 4.69) is 15.2 Å². The second-order valence-corrected chi connectivity index (χ2v) is 10.2. The highest BCUT2D eigenvalue weighted by Crippen LogP contribution is 2.33. The van der Waals surface area contributed by atoms with Gasteiger partial charge < -0.3 is 14.5 Å². The van der Waals surface area contributed by atoms with Gasteiger partial charge in [0.25, 0.3) is 0 Å². The van der Waals surface area contributed by atoms with Crippen molar-refractivity contribution in [3.63, 3.8) is 0 Å². The second kappa shape index (κ2) is 9.30. The lowest BCUT2D eigenvalue weighted by molar-refractivity contribution is 0.310. The Bertz CT molecular complexity index is 1510. The summed E-state index contributed by atoms with van der Waals surface area (Å²) in [7, 11) is -1.91. The maximum absolute atomic E-state index is 13.1. The molecule has 4 aromatic rings. The SMILES string of the molecule is CCOc1cc([C@@H](CS(C)(=O)=O)n2c(=O)[nH]c3cc(-c4nnccc4C)ccc32)ccc1OC. The molecular weight excluding hydrogens is 456 g/mol. The highest BCUT2D eigenvalue weighted by atomic mass is 32.2. The van der Waals surface area contributed by atoms with Crippen molar-refractivity contribution in [2.24, 2.45) is 0 Å². The van der Waals surface area contributed by atoms with Crippen LogP contribution in [0.4, 0.5) is 0 Å². The Hall–Kier alpha value is -3.66. The molecule has 2 heterocycles. The van der Waals surface area contributed by atoms with Crippen molar-refractivity contribution >= 4 is 20.9 Å². The second-order valence-electron chi connectivity index (χ2n) is 8.05. The van der Waals surface area contributed by atoms with Gasteiger partial charge in [-0.3, -0.25) is 4.57 Å². The largest absolute Gasteiger partial charge is 0.493 e. The predicted octanol–water partition coefficient (Wildman–Crippen LogP) is 3.14.